The van der Waals surface area contributed by atoms with Gasteiger partial charge in [-0.1, -0.05) is 13.3 Å². The third kappa shape index (κ3) is 4.59. The van der Waals surface area contributed by atoms with Gasteiger partial charge in [0.05, 0.1) is 17.9 Å². The third-order valence-electron chi connectivity index (χ3n) is 6.00. The van der Waals surface area contributed by atoms with Crippen LogP contribution in [0, 0.1) is 11.8 Å². The van der Waals surface area contributed by atoms with Crippen molar-refractivity contribution in [3.63, 3.8) is 0 Å². The van der Waals surface area contributed by atoms with Crippen molar-refractivity contribution in [2.24, 2.45) is 11.8 Å². The maximum Gasteiger partial charge on any atom is 0.309 e. The van der Waals surface area contributed by atoms with E-state index in [9.17, 15) is 19.5 Å². The number of rotatable bonds is 6. The maximum absolute atomic E-state index is 13.0. The van der Waals surface area contributed by atoms with Crippen molar-refractivity contribution in [2.75, 3.05) is 31.3 Å². The Morgan fingerprint density at radius 3 is 2.59 bits per heavy atom. The standard InChI is InChI=1S/C19H30N2O5S/c1-2-3-4-16(22)21-12-27-11-15(21)18(23)20-8-5-13(6-9-20)17-14(19(24)25)7-10-26-17/h13-15,17H,2-12H2,1H3,(H,24,25)/t14?,15?,17-/m0/s1. The molecule has 3 saturated heterocycles. The zero-order valence-corrected chi connectivity index (χ0v) is 16.8. The van der Waals surface area contributed by atoms with Gasteiger partial charge in [-0.25, -0.2) is 0 Å². The summed E-state index contributed by atoms with van der Waals surface area (Å²) in [5, 5.41) is 9.36. The van der Waals surface area contributed by atoms with Crippen LogP contribution in [0.1, 0.15) is 45.4 Å². The SMILES string of the molecule is CCCCC(=O)N1CSCC1C(=O)N1CCC([C@@H]2OCCC2C(=O)O)CC1. The molecule has 0 radical (unpaired) electrons. The van der Waals surface area contributed by atoms with Crippen molar-refractivity contribution >= 4 is 29.5 Å². The number of carbonyl (C=O) groups is 3. The predicted molar refractivity (Wildman–Crippen MR) is 102 cm³/mol. The van der Waals surface area contributed by atoms with Crippen LogP contribution in [0.4, 0.5) is 0 Å². The zero-order chi connectivity index (χ0) is 19.4. The first-order chi connectivity index (χ1) is 13.0. The van der Waals surface area contributed by atoms with Crippen LogP contribution in [0.25, 0.3) is 0 Å². The second kappa shape index (κ2) is 9.28. The van der Waals surface area contributed by atoms with Gasteiger partial charge in [-0.15, -0.1) is 11.8 Å². The van der Waals surface area contributed by atoms with Crippen molar-refractivity contribution < 1.29 is 24.2 Å². The van der Waals surface area contributed by atoms with E-state index in [0.29, 0.717) is 44.2 Å². The molecule has 3 rings (SSSR count). The topological polar surface area (TPSA) is 87.2 Å². The number of likely N-dealkylation sites (tertiary alicyclic amines) is 1. The monoisotopic (exact) mass is 398 g/mol. The summed E-state index contributed by atoms with van der Waals surface area (Å²) in [6, 6.07) is -0.342. The molecular formula is C19H30N2O5S. The van der Waals surface area contributed by atoms with Crippen molar-refractivity contribution in [1.82, 2.24) is 9.80 Å². The van der Waals surface area contributed by atoms with Crippen LogP contribution in [-0.4, -0.2) is 76.2 Å². The number of ether oxygens (including phenoxy) is 1. The van der Waals surface area contributed by atoms with Gasteiger partial charge in [0.2, 0.25) is 11.8 Å². The first-order valence-electron chi connectivity index (χ1n) is 10.0. The van der Waals surface area contributed by atoms with Crippen molar-refractivity contribution in [3.05, 3.63) is 0 Å². The second-order valence-corrected chi connectivity index (χ2v) is 8.71. The maximum atomic E-state index is 13.0. The number of carboxylic acids is 1. The van der Waals surface area contributed by atoms with Crippen molar-refractivity contribution in [2.45, 2.75) is 57.6 Å². The summed E-state index contributed by atoms with van der Waals surface area (Å²) in [6.07, 6.45) is 4.23. The highest BCUT2D eigenvalue weighted by atomic mass is 32.2. The highest BCUT2D eigenvalue weighted by Crippen LogP contribution is 2.34. The molecular weight excluding hydrogens is 368 g/mol. The van der Waals surface area contributed by atoms with Gasteiger partial charge < -0.3 is 19.6 Å². The molecule has 3 aliphatic rings. The molecule has 7 nitrogen and oxygen atoms in total. The average molecular weight is 399 g/mol. The van der Waals surface area contributed by atoms with Crippen LogP contribution < -0.4 is 0 Å². The molecule has 8 heteroatoms. The summed E-state index contributed by atoms with van der Waals surface area (Å²) in [6.45, 7) is 3.80. The van der Waals surface area contributed by atoms with Crippen LogP contribution in [0.15, 0.2) is 0 Å². The Labute approximate surface area is 164 Å². The Balaban J connectivity index is 1.53. The predicted octanol–water partition coefficient (Wildman–Crippen LogP) is 1.81. The van der Waals surface area contributed by atoms with Crippen LogP contribution in [-0.2, 0) is 19.1 Å². The summed E-state index contributed by atoms with van der Waals surface area (Å²) < 4.78 is 5.71. The highest BCUT2D eigenvalue weighted by Gasteiger charge is 2.42. The lowest BCUT2D eigenvalue weighted by molar-refractivity contribution is -0.147. The molecule has 152 valence electrons. The molecule has 3 atom stereocenters. The molecule has 0 saturated carbocycles. The minimum absolute atomic E-state index is 0.0467. The fourth-order valence-corrected chi connectivity index (χ4v) is 5.54. The Kier molecular flexibility index (Phi) is 7.03. The van der Waals surface area contributed by atoms with Gasteiger partial charge in [-0.05, 0) is 31.6 Å². The first kappa shape index (κ1) is 20.5. The van der Waals surface area contributed by atoms with E-state index in [4.69, 9.17) is 4.74 Å². The van der Waals surface area contributed by atoms with E-state index < -0.39 is 11.9 Å². The van der Waals surface area contributed by atoms with E-state index in [1.165, 1.54) is 0 Å². The minimum Gasteiger partial charge on any atom is -0.481 e. The largest absolute Gasteiger partial charge is 0.481 e. The van der Waals surface area contributed by atoms with Crippen LogP contribution in [0.5, 0.6) is 0 Å². The lowest BCUT2D eigenvalue weighted by Crippen LogP contribution is -2.52. The Hall–Kier alpha value is -1.28. The molecule has 0 aromatic rings. The molecule has 1 N–H and O–H groups in total. The molecule has 0 aliphatic carbocycles. The number of carbonyl (C=O) groups excluding carboxylic acids is 2. The van der Waals surface area contributed by atoms with Gasteiger partial charge in [0.1, 0.15) is 6.04 Å². The van der Waals surface area contributed by atoms with Gasteiger partial charge in [-0.3, -0.25) is 14.4 Å². The summed E-state index contributed by atoms with van der Waals surface area (Å²) in [5.74, 6) is 0.396. The number of hydrogen-bond donors (Lipinski definition) is 1. The summed E-state index contributed by atoms with van der Waals surface area (Å²) in [7, 11) is 0. The van der Waals surface area contributed by atoms with Gasteiger partial charge in [0.15, 0.2) is 0 Å². The molecule has 0 bridgehead atoms. The second-order valence-electron chi connectivity index (χ2n) is 7.71. The van der Waals surface area contributed by atoms with E-state index in [-0.39, 0.29) is 29.9 Å². The minimum atomic E-state index is -0.778. The van der Waals surface area contributed by atoms with E-state index in [1.54, 1.807) is 16.7 Å². The number of thioether (sulfide) groups is 1. The van der Waals surface area contributed by atoms with Crippen LogP contribution in [0.3, 0.4) is 0 Å². The van der Waals surface area contributed by atoms with Crippen molar-refractivity contribution in [3.8, 4) is 0 Å². The Morgan fingerprint density at radius 2 is 1.93 bits per heavy atom. The number of nitrogens with zero attached hydrogens (tertiary/aromatic N) is 2. The van der Waals surface area contributed by atoms with E-state index in [2.05, 4.69) is 6.92 Å². The molecule has 3 aliphatic heterocycles. The molecule has 0 aromatic heterocycles. The van der Waals surface area contributed by atoms with Crippen molar-refractivity contribution in [1.29, 1.82) is 0 Å². The van der Waals surface area contributed by atoms with E-state index in [1.807, 2.05) is 4.90 Å². The third-order valence-corrected chi connectivity index (χ3v) is 7.01. The molecule has 2 unspecified atom stereocenters. The summed E-state index contributed by atoms with van der Waals surface area (Å²) >= 11 is 1.64. The van der Waals surface area contributed by atoms with Gasteiger partial charge >= 0.3 is 5.97 Å². The lowest BCUT2D eigenvalue weighted by atomic mass is 9.84. The average Bonchev–Trinajstić information content (AvgIpc) is 3.35. The van der Waals surface area contributed by atoms with Gasteiger partial charge in [0.25, 0.3) is 0 Å². The fraction of sp³-hybridized carbons (Fsp3) is 0.842. The normalized spacial score (nSPS) is 29.3. The zero-order valence-electron chi connectivity index (χ0n) is 16.0. The molecule has 0 aromatic carbocycles. The van der Waals surface area contributed by atoms with Crippen LogP contribution >= 0.6 is 11.8 Å². The number of piperidine rings is 1. The Morgan fingerprint density at radius 1 is 1.19 bits per heavy atom. The highest BCUT2D eigenvalue weighted by molar-refractivity contribution is 7.99. The molecule has 3 fully saturated rings. The number of unbranched alkanes of at least 4 members (excludes halogenated alkanes) is 1. The fourth-order valence-electron chi connectivity index (χ4n) is 4.36. The quantitative estimate of drug-likeness (QED) is 0.734. The molecule has 27 heavy (non-hydrogen) atoms. The molecule has 0 spiro atoms. The smallest absolute Gasteiger partial charge is 0.309 e. The van der Waals surface area contributed by atoms with Gasteiger partial charge in [0, 0.05) is 31.9 Å². The Bertz CT molecular complexity index is 564. The summed E-state index contributed by atoms with van der Waals surface area (Å²) in [5.41, 5.74) is 0. The number of hydrogen-bond acceptors (Lipinski definition) is 5. The number of carboxylic acid groups (broad SMARTS) is 1. The van der Waals surface area contributed by atoms with E-state index in [0.717, 1.165) is 25.7 Å². The lowest BCUT2D eigenvalue weighted by Gasteiger charge is -2.37. The number of aliphatic carboxylic acids is 1. The first-order valence-corrected chi connectivity index (χ1v) is 11.2. The van der Waals surface area contributed by atoms with Crippen LogP contribution in [0.2, 0.25) is 0 Å². The molecule has 2 amide bonds. The summed E-state index contributed by atoms with van der Waals surface area (Å²) in [4.78, 5) is 40.4. The molecule has 3 heterocycles. The van der Waals surface area contributed by atoms with Gasteiger partial charge in [-0.2, -0.15) is 0 Å². The number of amides is 2. The van der Waals surface area contributed by atoms with E-state index >= 15 is 0 Å².